The highest BCUT2D eigenvalue weighted by Gasteiger charge is 2.20. The summed E-state index contributed by atoms with van der Waals surface area (Å²) in [5, 5.41) is 17.6. The number of amidine groups is 1. The monoisotopic (exact) mass is 256 g/mol. The third kappa shape index (κ3) is 2.94. The number of aryl methyl sites for hydroxylation is 2. The van der Waals surface area contributed by atoms with Crippen molar-refractivity contribution in [1.82, 2.24) is 9.78 Å². The first-order valence-corrected chi connectivity index (χ1v) is 6.44. The maximum Gasteiger partial charge on any atom is 0.174 e. The van der Waals surface area contributed by atoms with Crippen molar-refractivity contribution in [3.05, 3.63) is 11.3 Å². The summed E-state index contributed by atoms with van der Waals surface area (Å²) in [6, 6.07) is 0. The molecule has 0 fully saturated rings. The molecule has 6 heteroatoms. The van der Waals surface area contributed by atoms with Crippen LogP contribution in [-0.2, 0) is 7.05 Å². The van der Waals surface area contributed by atoms with Crippen molar-refractivity contribution >= 4 is 17.6 Å². The minimum atomic E-state index is 0.119. The Morgan fingerprint density at radius 2 is 2.06 bits per heavy atom. The average Bonchev–Trinajstić information content (AvgIpc) is 2.53. The Morgan fingerprint density at radius 3 is 2.53 bits per heavy atom. The van der Waals surface area contributed by atoms with Gasteiger partial charge >= 0.3 is 0 Å². The van der Waals surface area contributed by atoms with Gasteiger partial charge in [-0.1, -0.05) is 25.9 Å². The summed E-state index contributed by atoms with van der Waals surface area (Å²) in [6.07, 6.45) is 0. The zero-order valence-electron chi connectivity index (χ0n) is 10.9. The van der Waals surface area contributed by atoms with Crippen LogP contribution in [0, 0.1) is 12.8 Å². The van der Waals surface area contributed by atoms with Crippen LogP contribution in [0.5, 0.6) is 0 Å². The Hall–Kier alpha value is -1.17. The molecule has 0 radical (unpaired) electrons. The summed E-state index contributed by atoms with van der Waals surface area (Å²) in [4.78, 5) is 0. The molecule has 96 valence electrons. The van der Waals surface area contributed by atoms with Crippen LogP contribution in [0.25, 0.3) is 0 Å². The van der Waals surface area contributed by atoms with Crippen molar-refractivity contribution < 1.29 is 5.21 Å². The minimum Gasteiger partial charge on any atom is -0.409 e. The van der Waals surface area contributed by atoms with Gasteiger partial charge in [-0.2, -0.15) is 5.10 Å². The van der Waals surface area contributed by atoms with E-state index in [2.05, 4.69) is 31.0 Å². The smallest absolute Gasteiger partial charge is 0.174 e. The Morgan fingerprint density at radius 1 is 1.47 bits per heavy atom. The lowest BCUT2D eigenvalue weighted by Gasteiger charge is -2.15. The number of aromatic nitrogens is 2. The fourth-order valence-electron chi connectivity index (χ4n) is 1.43. The van der Waals surface area contributed by atoms with Crippen LogP contribution >= 0.6 is 11.8 Å². The molecule has 3 N–H and O–H groups in total. The highest BCUT2D eigenvalue weighted by atomic mass is 32.2. The molecule has 0 saturated carbocycles. The van der Waals surface area contributed by atoms with Gasteiger partial charge in [0.05, 0.1) is 11.3 Å². The number of oxime groups is 1. The normalized spacial score (nSPS) is 14.4. The Kier molecular flexibility index (Phi) is 4.45. The van der Waals surface area contributed by atoms with Gasteiger partial charge in [-0.05, 0) is 12.8 Å². The van der Waals surface area contributed by atoms with Crippen LogP contribution < -0.4 is 5.73 Å². The standard InChI is InChI=1S/C11H20N4OS/c1-6(2)8(4)17-11-9(10(12)14-16)7(3)13-15(11)5/h6,8,16H,1-5H3,(H2,12,14). The zero-order valence-corrected chi connectivity index (χ0v) is 11.7. The maximum atomic E-state index is 8.81. The lowest BCUT2D eigenvalue weighted by Crippen LogP contribution is -2.16. The molecule has 0 amide bonds. The van der Waals surface area contributed by atoms with E-state index in [4.69, 9.17) is 10.9 Å². The first-order chi connectivity index (χ1) is 7.88. The average molecular weight is 256 g/mol. The predicted octanol–water partition coefficient (Wildman–Crippen LogP) is 1.96. The first kappa shape index (κ1) is 13.9. The molecule has 0 aliphatic rings. The lowest BCUT2D eigenvalue weighted by molar-refractivity contribution is 0.318. The number of thioether (sulfide) groups is 1. The third-order valence-electron chi connectivity index (χ3n) is 2.77. The van der Waals surface area contributed by atoms with Crippen LogP contribution in [-0.4, -0.2) is 26.1 Å². The SMILES string of the molecule is Cc1nn(C)c(SC(C)C(C)C)c1C(N)=NO. The predicted molar refractivity (Wildman–Crippen MR) is 70.6 cm³/mol. The van der Waals surface area contributed by atoms with Gasteiger partial charge in [0.25, 0.3) is 0 Å². The van der Waals surface area contributed by atoms with E-state index in [0.29, 0.717) is 11.2 Å². The largest absolute Gasteiger partial charge is 0.409 e. The molecule has 1 unspecified atom stereocenters. The first-order valence-electron chi connectivity index (χ1n) is 5.56. The fourth-order valence-corrected chi connectivity index (χ4v) is 2.62. The van der Waals surface area contributed by atoms with Crippen molar-refractivity contribution in [1.29, 1.82) is 0 Å². The van der Waals surface area contributed by atoms with Crippen molar-refractivity contribution in [2.45, 2.75) is 38.0 Å². The molecule has 1 atom stereocenters. The van der Waals surface area contributed by atoms with Crippen molar-refractivity contribution in [2.24, 2.45) is 23.9 Å². The van der Waals surface area contributed by atoms with E-state index in [-0.39, 0.29) is 5.84 Å². The van der Waals surface area contributed by atoms with Gasteiger partial charge in [-0.15, -0.1) is 11.8 Å². The van der Waals surface area contributed by atoms with E-state index < -0.39 is 0 Å². The van der Waals surface area contributed by atoms with Gasteiger partial charge < -0.3 is 10.9 Å². The van der Waals surface area contributed by atoms with E-state index in [1.54, 1.807) is 16.4 Å². The van der Waals surface area contributed by atoms with Crippen LogP contribution in [0.15, 0.2) is 10.2 Å². The molecule has 0 bridgehead atoms. The topological polar surface area (TPSA) is 76.4 Å². The van der Waals surface area contributed by atoms with Gasteiger partial charge in [-0.25, -0.2) is 0 Å². The summed E-state index contributed by atoms with van der Waals surface area (Å²) >= 11 is 1.70. The lowest BCUT2D eigenvalue weighted by atomic mass is 10.2. The number of nitrogens with two attached hydrogens (primary N) is 1. The van der Waals surface area contributed by atoms with Gasteiger partial charge in [0.1, 0.15) is 5.03 Å². The van der Waals surface area contributed by atoms with Crippen molar-refractivity contribution in [2.75, 3.05) is 0 Å². The van der Waals surface area contributed by atoms with Crippen LogP contribution in [0.1, 0.15) is 32.0 Å². The Balaban J connectivity index is 3.14. The molecule has 1 aromatic heterocycles. The minimum absolute atomic E-state index is 0.119. The van der Waals surface area contributed by atoms with Crippen LogP contribution in [0.4, 0.5) is 0 Å². The molecule has 1 rings (SSSR count). The maximum absolute atomic E-state index is 8.81. The number of rotatable bonds is 4. The second-order valence-electron chi connectivity index (χ2n) is 4.44. The molecular weight excluding hydrogens is 236 g/mol. The second-order valence-corrected chi connectivity index (χ2v) is 5.81. The third-order valence-corrected chi connectivity index (χ3v) is 4.38. The highest BCUT2D eigenvalue weighted by molar-refractivity contribution is 7.99. The number of hydrogen-bond donors (Lipinski definition) is 2. The van der Waals surface area contributed by atoms with Gasteiger partial charge in [-0.3, -0.25) is 4.68 Å². The summed E-state index contributed by atoms with van der Waals surface area (Å²) in [5.74, 6) is 0.671. The molecule has 0 aliphatic carbocycles. The van der Waals surface area contributed by atoms with Crippen LogP contribution in [0.2, 0.25) is 0 Å². The van der Waals surface area contributed by atoms with Crippen molar-refractivity contribution in [3.8, 4) is 0 Å². The van der Waals surface area contributed by atoms with E-state index in [1.807, 2.05) is 14.0 Å². The summed E-state index contributed by atoms with van der Waals surface area (Å²) in [7, 11) is 1.87. The van der Waals surface area contributed by atoms with Crippen LogP contribution in [0.3, 0.4) is 0 Å². The van der Waals surface area contributed by atoms with Gasteiger partial charge in [0.15, 0.2) is 5.84 Å². The molecular formula is C11H20N4OS. The number of nitrogens with zero attached hydrogens (tertiary/aromatic N) is 3. The zero-order chi connectivity index (χ0) is 13.2. The molecule has 1 aromatic rings. The van der Waals surface area contributed by atoms with Crippen molar-refractivity contribution in [3.63, 3.8) is 0 Å². The highest BCUT2D eigenvalue weighted by Crippen LogP contribution is 2.31. The Bertz CT molecular complexity index is 425. The molecule has 1 heterocycles. The van der Waals surface area contributed by atoms with Gasteiger partial charge in [0.2, 0.25) is 0 Å². The summed E-state index contributed by atoms with van der Waals surface area (Å²) in [6.45, 7) is 8.36. The molecule has 0 aliphatic heterocycles. The second kappa shape index (κ2) is 5.44. The molecule has 0 saturated heterocycles. The molecule has 0 aromatic carbocycles. The quantitative estimate of drug-likeness (QED) is 0.284. The van der Waals surface area contributed by atoms with E-state index >= 15 is 0 Å². The van der Waals surface area contributed by atoms with E-state index in [1.165, 1.54) is 0 Å². The Labute approximate surface area is 106 Å². The molecule has 5 nitrogen and oxygen atoms in total. The fraction of sp³-hybridized carbons (Fsp3) is 0.636. The van der Waals surface area contributed by atoms with E-state index in [9.17, 15) is 0 Å². The van der Waals surface area contributed by atoms with Gasteiger partial charge in [0, 0.05) is 12.3 Å². The molecule has 17 heavy (non-hydrogen) atoms. The number of hydrogen-bond acceptors (Lipinski definition) is 4. The summed E-state index contributed by atoms with van der Waals surface area (Å²) < 4.78 is 1.78. The van der Waals surface area contributed by atoms with E-state index in [0.717, 1.165) is 16.3 Å². The molecule has 0 spiro atoms. The summed E-state index contributed by atoms with van der Waals surface area (Å²) in [5.41, 5.74) is 7.20.